The summed E-state index contributed by atoms with van der Waals surface area (Å²) in [6, 6.07) is 12.7. The minimum Gasteiger partial charge on any atom is -0.444 e. The van der Waals surface area contributed by atoms with Crippen LogP contribution in [-0.2, 0) is 38.4 Å². The van der Waals surface area contributed by atoms with Crippen molar-refractivity contribution in [3.8, 4) is 0 Å². The Morgan fingerprint density at radius 3 is 2.43 bits per heavy atom. The summed E-state index contributed by atoms with van der Waals surface area (Å²) in [6.07, 6.45) is 0.920. The minimum absolute atomic E-state index is 0.0603. The second-order valence-electron chi connectivity index (χ2n) is 8.59. The molecule has 1 aliphatic heterocycles. The van der Waals surface area contributed by atoms with Crippen molar-refractivity contribution in [2.24, 2.45) is 0 Å². The zero-order valence-corrected chi connectivity index (χ0v) is 18.8. The highest BCUT2D eigenvalue weighted by Crippen LogP contribution is 2.23. The summed E-state index contributed by atoms with van der Waals surface area (Å²) in [7, 11) is -3.77. The molecule has 0 atom stereocenters. The van der Waals surface area contributed by atoms with Crippen molar-refractivity contribution in [1.82, 2.24) is 4.90 Å². The first-order chi connectivity index (χ1) is 14.0. The number of nitrogens with zero attached hydrogens (tertiary/aromatic N) is 1. The first kappa shape index (κ1) is 22.3. The van der Waals surface area contributed by atoms with Gasteiger partial charge in [-0.2, -0.15) is 8.42 Å². The summed E-state index contributed by atoms with van der Waals surface area (Å²) in [5, 5.41) is 0. The van der Waals surface area contributed by atoms with E-state index >= 15 is 0 Å². The van der Waals surface area contributed by atoms with Crippen molar-refractivity contribution in [1.29, 1.82) is 0 Å². The Morgan fingerprint density at radius 1 is 1.07 bits per heavy atom. The Hall–Kier alpha value is -2.38. The van der Waals surface area contributed by atoms with Gasteiger partial charge in [-0.3, -0.25) is 4.18 Å². The molecule has 0 aromatic heterocycles. The molecule has 3 rings (SSSR count). The highest BCUT2D eigenvalue weighted by molar-refractivity contribution is 7.86. The van der Waals surface area contributed by atoms with Crippen molar-refractivity contribution in [2.45, 2.75) is 57.6 Å². The van der Waals surface area contributed by atoms with Gasteiger partial charge in [0.2, 0.25) is 0 Å². The van der Waals surface area contributed by atoms with E-state index in [-0.39, 0.29) is 17.6 Å². The zero-order valence-electron chi connectivity index (χ0n) is 18.0. The number of hydrogen-bond acceptors (Lipinski definition) is 5. The van der Waals surface area contributed by atoms with Crippen molar-refractivity contribution in [3.63, 3.8) is 0 Å². The Morgan fingerprint density at radius 2 is 1.77 bits per heavy atom. The third-order valence-corrected chi connectivity index (χ3v) is 6.20. The normalized spacial score (nSPS) is 14.3. The van der Waals surface area contributed by atoms with Crippen molar-refractivity contribution < 1.29 is 22.1 Å². The monoisotopic (exact) mass is 431 g/mol. The van der Waals surface area contributed by atoms with Gasteiger partial charge in [-0.1, -0.05) is 35.9 Å². The molecule has 2 aromatic rings. The first-order valence-corrected chi connectivity index (χ1v) is 11.5. The molecule has 0 spiro atoms. The number of ether oxygens (including phenoxy) is 1. The Labute approximate surface area is 178 Å². The first-order valence-electron chi connectivity index (χ1n) is 10.1. The van der Waals surface area contributed by atoms with Crippen LogP contribution >= 0.6 is 0 Å². The SMILES string of the molecule is Cc1ccc(S(=O)(=O)OCCc2ccc3c(c2)CN(C(=O)OC(C)(C)C)CC3)cc1. The van der Waals surface area contributed by atoms with E-state index < -0.39 is 15.7 Å². The average Bonchev–Trinajstić information content (AvgIpc) is 2.66. The van der Waals surface area contributed by atoms with Gasteiger partial charge in [0, 0.05) is 13.1 Å². The maximum Gasteiger partial charge on any atom is 0.410 e. The highest BCUT2D eigenvalue weighted by Gasteiger charge is 2.25. The maximum atomic E-state index is 12.4. The molecule has 0 saturated heterocycles. The number of carbonyl (C=O) groups excluding carboxylic acids is 1. The summed E-state index contributed by atoms with van der Waals surface area (Å²) in [5.74, 6) is 0. The smallest absolute Gasteiger partial charge is 0.410 e. The molecule has 7 heteroatoms. The van der Waals surface area contributed by atoms with E-state index in [0.717, 1.165) is 23.1 Å². The molecule has 0 saturated carbocycles. The van der Waals surface area contributed by atoms with Crippen molar-refractivity contribution >= 4 is 16.2 Å². The number of benzene rings is 2. The van der Waals surface area contributed by atoms with Crippen LogP contribution in [0.4, 0.5) is 4.79 Å². The second-order valence-corrected chi connectivity index (χ2v) is 10.2. The summed E-state index contributed by atoms with van der Waals surface area (Å²) in [6.45, 7) is 8.63. The molecule has 0 radical (unpaired) electrons. The lowest BCUT2D eigenvalue weighted by molar-refractivity contribution is 0.0224. The van der Waals surface area contributed by atoms with E-state index in [1.807, 2.05) is 45.9 Å². The topological polar surface area (TPSA) is 72.9 Å². The molecule has 30 heavy (non-hydrogen) atoms. The lowest BCUT2D eigenvalue weighted by atomic mass is 9.97. The van der Waals surface area contributed by atoms with Crippen LogP contribution in [0.25, 0.3) is 0 Å². The van der Waals surface area contributed by atoms with Crippen LogP contribution in [0.2, 0.25) is 0 Å². The molecule has 2 aromatic carbocycles. The molecule has 1 heterocycles. The van der Waals surface area contributed by atoms with E-state index in [0.29, 0.717) is 19.5 Å². The summed E-state index contributed by atoms with van der Waals surface area (Å²) < 4.78 is 35.3. The van der Waals surface area contributed by atoms with Gasteiger partial charge in [0.25, 0.3) is 10.1 Å². The molecular weight excluding hydrogens is 402 g/mol. The number of aryl methyl sites for hydroxylation is 1. The fraction of sp³-hybridized carbons (Fsp3) is 0.435. The molecule has 0 N–H and O–H groups in total. The van der Waals surface area contributed by atoms with Gasteiger partial charge in [0.1, 0.15) is 5.60 Å². The molecule has 1 aliphatic rings. The number of carbonyl (C=O) groups is 1. The van der Waals surface area contributed by atoms with Gasteiger partial charge >= 0.3 is 6.09 Å². The molecule has 162 valence electrons. The van der Waals surface area contributed by atoms with Crippen LogP contribution in [0.5, 0.6) is 0 Å². The largest absolute Gasteiger partial charge is 0.444 e. The number of rotatable bonds is 5. The molecule has 6 nitrogen and oxygen atoms in total. The zero-order chi connectivity index (χ0) is 21.9. The maximum absolute atomic E-state index is 12.4. The number of hydrogen-bond donors (Lipinski definition) is 0. The second kappa shape index (κ2) is 8.78. The van der Waals surface area contributed by atoms with Gasteiger partial charge in [0.15, 0.2) is 0 Å². The van der Waals surface area contributed by atoms with Gasteiger partial charge in [0.05, 0.1) is 11.5 Å². The Balaban J connectivity index is 1.61. The quantitative estimate of drug-likeness (QED) is 0.662. The predicted molar refractivity (Wildman–Crippen MR) is 115 cm³/mol. The number of amides is 1. The van der Waals surface area contributed by atoms with Crippen LogP contribution in [-0.4, -0.2) is 38.2 Å². The molecular formula is C23H29NO5S. The standard InChI is InChI=1S/C23H29NO5S/c1-17-5-9-21(10-6-17)30(26,27)28-14-12-18-7-8-19-11-13-24(16-20(19)15-18)22(25)29-23(2,3)4/h5-10,15H,11-14,16H2,1-4H3. The van der Waals surface area contributed by atoms with Gasteiger partial charge in [-0.25, -0.2) is 4.79 Å². The Kier molecular flexibility index (Phi) is 6.53. The highest BCUT2D eigenvalue weighted by atomic mass is 32.2. The molecule has 1 amide bonds. The van der Waals surface area contributed by atoms with Gasteiger partial charge < -0.3 is 9.64 Å². The molecule has 0 fully saturated rings. The summed E-state index contributed by atoms with van der Waals surface area (Å²) in [5.41, 5.74) is 3.69. The van der Waals surface area contributed by atoms with Crippen LogP contribution in [0.1, 0.15) is 43.0 Å². The van der Waals surface area contributed by atoms with Gasteiger partial charge in [-0.05, 0) is 69.4 Å². The van der Waals surface area contributed by atoms with Crippen molar-refractivity contribution in [2.75, 3.05) is 13.2 Å². The van der Waals surface area contributed by atoms with E-state index in [1.54, 1.807) is 29.2 Å². The lowest BCUT2D eigenvalue weighted by Gasteiger charge is -2.31. The van der Waals surface area contributed by atoms with Crippen molar-refractivity contribution in [3.05, 3.63) is 64.7 Å². The van der Waals surface area contributed by atoms with Crippen LogP contribution in [0.3, 0.4) is 0 Å². The predicted octanol–water partition coefficient (Wildman–Crippen LogP) is 4.24. The van der Waals surface area contributed by atoms with E-state index in [9.17, 15) is 13.2 Å². The van der Waals surface area contributed by atoms with Gasteiger partial charge in [-0.15, -0.1) is 0 Å². The van der Waals surface area contributed by atoms with Crippen LogP contribution in [0.15, 0.2) is 47.4 Å². The summed E-state index contributed by atoms with van der Waals surface area (Å²) in [4.78, 5) is 14.2. The molecule has 0 bridgehead atoms. The third kappa shape index (κ3) is 5.83. The molecule has 0 unspecified atom stereocenters. The fourth-order valence-electron chi connectivity index (χ4n) is 3.29. The fourth-order valence-corrected chi connectivity index (χ4v) is 4.20. The van der Waals surface area contributed by atoms with Crippen LogP contribution in [0, 0.1) is 6.92 Å². The van der Waals surface area contributed by atoms with E-state index in [1.165, 1.54) is 5.56 Å². The molecule has 0 aliphatic carbocycles. The summed E-state index contributed by atoms with van der Waals surface area (Å²) >= 11 is 0. The number of fused-ring (bicyclic) bond motifs is 1. The Bertz CT molecular complexity index is 1010. The van der Waals surface area contributed by atoms with Crippen LogP contribution < -0.4 is 0 Å². The average molecular weight is 432 g/mol. The van der Waals surface area contributed by atoms with E-state index in [2.05, 4.69) is 0 Å². The third-order valence-electron chi connectivity index (χ3n) is 4.87. The minimum atomic E-state index is -3.77. The lowest BCUT2D eigenvalue weighted by Crippen LogP contribution is -2.39. The van der Waals surface area contributed by atoms with E-state index in [4.69, 9.17) is 8.92 Å².